The Morgan fingerprint density at radius 3 is 2.65 bits per heavy atom. The van der Waals surface area contributed by atoms with E-state index in [0.717, 1.165) is 17.7 Å². The molecule has 0 aliphatic carbocycles. The van der Waals surface area contributed by atoms with Crippen LogP contribution in [0.4, 0.5) is 5.69 Å². The first kappa shape index (κ1) is 23.2. The standard InChI is InChI=1S/C24H26BrN3O2S/c1-4-12-30-19-11-10-17(26-20(31)13-16-8-6-5-7-9-16)14-18(19)23-27-22(15(2)3)21(25)24(29)28-23/h5-11,14-15H,4,12-13H2,1-3H3,(H,26,31)(H,27,28,29). The summed E-state index contributed by atoms with van der Waals surface area (Å²) in [4.78, 5) is 20.8. The van der Waals surface area contributed by atoms with E-state index in [0.29, 0.717) is 45.3 Å². The molecule has 0 amide bonds. The number of anilines is 1. The SMILES string of the molecule is CCCOc1ccc(NC(=S)Cc2ccccc2)cc1-c1nc(C(C)C)c(Br)c(=O)[nH]1. The van der Waals surface area contributed by atoms with Gasteiger partial charge in [-0.25, -0.2) is 4.98 Å². The lowest BCUT2D eigenvalue weighted by molar-refractivity contribution is 0.318. The Balaban J connectivity index is 1.96. The van der Waals surface area contributed by atoms with Crippen molar-refractivity contribution >= 4 is 38.8 Å². The molecule has 0 bridgehead atoms. The maximum atomic E-state index is 12.5. The summed E-state index contributed by atoms with van der Waals surface area (Å²) in [6.45, 7) is 6.63. The molecule has 3 rings (SSSR count). The van der Waals surface area contributed by atoms with Crippen molar-refractivity contribution in [3.8, 4) is 17.1 Å². The summed E-state index contributed by atoms with van der Waals surface area (Å²) in [7, 11) is 0. The fourth-order valence-corrected chi connectivity index (χ4v) is 4.03. The van der Waals surface area contributed by atoms with Gasteiger partial charge in [0.15, 0.2) is 0 Å². The Morgan fingerprint density at radius 1 is 1.23 bits per heavy atom. The first-order valence-corrected chi connectivity index (χ1v) is 11.5. The predicted octanol–water partition coefficient (Wildman–Crippen LogP) is 6.09. The Hall–Kier alpha value is -2.51. The smallest absolute Gasteiger partial charge is 0.265 e. The van der Waals surface area contributed by atoms with Gasteiger partial charge in [-0.05, 0) is 52.0 Å². The number of hydrogen-bond acceptors (Lipinski definition) is 4. The highest BCUT2D eigenvalue weighted by Gasteiger charge is 2.17. The van der Waals surface area contributed by atoms with Gasteiger partial charge in [0.05, 0.1) is 22.9 Å². The van der Waals surface area contributed by atoms with Crippen LogP contribution < -0.4 is 15.6 Å². The number of hydrogen-bond donors (Lipinski definition) is 2. The van der Waals surface area contributed by atoms with Crippen molar-refractivity contribution in [1.82, 2.24) is 9.97 Å². The molecule has 0 fully saturated rings. The predicted molar refractivity (Wildman–Crippen MR) is 134 cm³/mol. The number of aromatic nitrogens is 2. The van der Waals surface area contributed by atoms with Crippen LogP contribution in [-0.2, 0) is 6.42 Å². The lowest BCUT2D eigenvalue weighted by Gasteiger charge is -2.15. The van der Waals surface area contributed by atoms with E-state index in [9.17, 15) is 4.79 Å². The van der Waals surface area contributed by atoms with Gasteiger partial charge in [-0.1, -0.05) is 63.3 Å². The molecule has 0 saturated carbocycles. The average molecular weight is 500 g/mol. The summed E-state index contributed by atoms with van der Waals surface area (Å²) in [6, 6.07) is 15.8. The lowest BCUT2D eigenvalue weighted by atomic mass is 10.1. The van der Waals surface area contributed by atoms with E-state index in [4.69, 9.17) is 21.9 Å². The van der Waals surface area contributed by atoms with E-state index in [1.54, 1.807) is 0 Å². The van der Waals surface area contributed by atoms with E-state index in [-0.39, 0.29) is 11.5 Å². The Labute approximate surface area is 196 Å². The van der Waals surface area contributed by atoms with Gasteiger partial charge in [-0.2, -0.15) is 0 Å². The Bertz CT molecular complexity index is 1110. The number of nitrogens with zero attached hydrogens (tertiary/aromatic N) is 1. The second kappa shape index (κ2) is 10.7. The summed E-state index contributed by atoms with van der Waals surface area (Å²) in [6.07, 6.45) is 1.52. The molecule has 2 N–H and O–H groups in total. The molecule has 5 nitrogen and oxygen atoms in total. The molecule has 31 heavy (non-hydrogen) atoms. The number of nitrogens with one attached hydrogen (secondary N) is 2. The fraction of sp³-hybridized carbons (Fsp3) is 0.292. The van der Waals surface area contributed by atoms with Crippen LogP contribution in [0.3, 0.4) is 0 Å². The van der Waals surface area contributed by atoms with Gasteiger partial charge in [-0.15, -0.1) is 0 Å². The third-order valence-corrected chi connectivity index (χ3v) is 5.64. The molecule has 0 atom stereocenters. The van der Waals surface area contributed by atoms with Gasteiger partial charge in [-0.3, -0.25) is 4.79 Å². The van der Waals surface area contributed by atoms with Crippen LogP contribution in [-0.4, -0.2) is 21.6 Å². The van der Waals surface area contributed by atoms with Crippen LogP contribution in [0.15, 0.2) is 57.8 Å². The van der Waals surface area contributed by atoms with Crippen LogP contribution in [0.25, 0.3) is 11.4 Å². The zero-order valence-corrected chi connectivity index (χ0v) is 20.3. The number of aromatic amines is 1. The molecular formula is C24H26BrN3O2S. The van der Waals surface area contributed by atoms with E-state index in [2.05, 4.69) is 26.2 Å². The van der Waals surface area contributed by atoms with Crippen molar-refractivity contribution in [2.75, 3.05) is 11.9 Å². The van der Waals surface area contributed by atoms with Crippen molar-refractivity contribution in [3.05, 3.63) is 74.6 Å². The summed E-state index contributed by atoms with van der Waals surface area (Å²) in [5, 5.41) is 3.29. The first-order valence-electron chi connectivity index (χ1n) is 10.3. The molecule has 7 heteroatoms. The maximum absolute atomic E-state index is 12.5. The highest BCUT2D eigenvalue weighted by Crippen LogP contribution is 2.32. The average Bonchev–Trinajstić information content (AvgIpc) is 2.75. The zero-order valence-electron chi connectivity index (χ0n) is 17.9. The molecular weight excluding hydrogens is 474 g/mol. The lowest BCUT2D eigenvalue weighted by Crippen LogP contribution is -2.15. The molecule has 0 unspecified atom stereocenters. The summed E-state index contributed by atoms with van der Waals surface area (Å²) in [5.74, 6) is 1.23. The van der Waals surface area contributed by atoms with Crippen LogP contribution in [0.2, 0.25) is 0 Å². The van der Waals surface area contributed by atoms with E-state index in [1.165, 1.54) is 0 Å². The topological polar surface area (TPSA) is 67.0 Å². The Morgan fingerprint density at radius 2 is 1.97 bits per heavy atom. The van der Waals surface area contributed by atoms with Crippen LogP contribution >= 0.6 is 28.1 Å². The first-order chi connectivity index (χ1) is 14.9. The minimum absolute atomic E-state index is 0.0928. The highest BCUT2D eigenvalue weighted by molar-refractivity contribution is 9.10. The maximum Gasteiger partial charge on any atom is 0.265 e. The minimum Gasteiger partial charge on any atom is -0.493 e. The second-order valence-electron chi connectivity index (χ2n) is 7.54. The molecule has 0 spiro atoms. The van der Waals surface area contributed by atoms with Gasteiger partial charge in [0.1, 0.15) is 16.0 Å². The van der Waals surface area contributed by atoms with E-state index >= 15 is 0 Å². The molecule has 1 heterocycles. The second-order valence-corrected chi connectivity index (χ2v) is 8.82. The highest BCUT2D eigenvalue weighted by atomic mass is 79.9. The van der Waals surface area contributed by atoms with Crippen LogP contribution in [0.1, 0.15) is 44.4 Å². The van der Waals surface area contributed by atoms with E-state index in [1.807, 2.05) is 69.3 Å². The molecule has 0 radical (unpaired) electrons. The quantitative estimate of drug-likeness (QED) is 0.366. The summed E-state index contributed by atoms with van der Waals surface area (Å²) < 4.78 is 6.39. The monoisotopic (exact) mass is 499 g/mol. The summed E-state index contributed by atoms with van der Waals surface area (Å²) >= 11 is 8.91. The Kier molecular flexibility index (Phi) is 7.98. The molecule has 0 aliphatic rings. The van der Waals surface area contributed by atoms with Crippen molar-refractivity contribution in [3.63, 3.8) is 0 Å². The van der Waals surface area contributed by atoms with Crippen molar-refractivity contribution in [1.29, 1.82) is 0 Å². The van der Waals surface area contributed by atoms with Crippen molar-refractivity contribution in [2.24, 2.45) is 0 Å². The molecule has 0 saturated heterocycles. The van der Waals surface area contributed by atoms with Crippen LogP contribution in [0.5, 0.6) is 5.75 Å². The van der Waals surface area contributed by atoms with Gasteiger partial charge in [0.2, 0.25) is 0 Å². The third kappa shape index (κ3) is 6.02. The normalized spacial score (nSPS) is 10.9. The van der Waals surface area contributed by atoms with E-state index < -0.39 is 0 Å². The number of H-pyrrole nitrogens is 1. The zero-order chi connectivity index (χ0) is 22.4. The number of rotatable bonds is 8. The van der Waals surface area contributed by atoms with Crippen LogP contribution in [0, 0.1) is 0 Å². The van der Waals surface area contributed by atoms with Gasteiger partial charge < -0.3 is 15.0 Å². The van der Waals surface area contributed by atoms with Gasteiger partial charge in [0.25, 0.3) is 5.56 Å². The van der Waals surface area contributed by atoms with Crippen molar-refractivity contribution < 1.29 is 4.74 Å². The van der Waals surface area contributed by atoms with Gasteiger partial charge in [0, 0.05) is 12.1 Å². The number of benzene rings is 2. The minimum atomic E-state index is -0.215. The molecule has 2 aromatic carbocycles. The van der Waals surface area contributed by atoms with Crippen molar-refractivity contribution in [2.45, 2.75) is 39.5 Å². The number of thiocarbonyl (C=S) groups is 1. The largest absolute Gasteiger partial charge is 0.493 e. The fourth-order valence-electron chi connectivity index (χ4n) is 3.10. The van der Waals surface area contributed by atoms with Gasteiger partial charge >= 0.3 is 0 Å². The molecule has 0 aliphatic heterocycles. The molecule has 3 aromatic rings. The summed E-state index contributed by atoms with van der Waals surface area (Å²) in [5.41, 5.74) is 3.17. The molecule has 162 valence electrons. The number of ether oxygens (including phenoxy) is 1. The third-order valence-electron chi connectivity index (χ3n) is 4.62. The molecule has 1 aromatic heterocycles. The number of halogens is 1.